The second-order valence-electron chi connectivity index (χ2n) is 25.2. The maximum atomic E-state index is 14.5. The van der Waals surface area contributed by atoms with Crippen LogP contribution in [-0.4, -0.2) is 118 Å². The van der Waals surface area contributed by atoms with Gasteiger partial charge in [0.05, 0.1) is 35.2 Å². The van der Waals surface area contributed by atoms with E-state index in [0.29, 0.717) is 97.1 Å². The molecule has 89 heavy (non-hydrogen) atoms. The summed E-state index contributed by atoms with van der Waals surface area (Å²) >= 11 is 3.53. The molecule has 18 nitrogen and oxygen atoms in total. The van der Waals surface area contributed by atoms with Gasteiger partial charge < -0.3 is 39.8 Å². The van der Waals surface area contributed by atoms with Gasteiger partial charge in [0, 0.05) is 92.3 Å². The number of hydrogen-bond acceptors (Lipinski definition) is 14. The van der Waals surface area contributed by atoms with E-state index >= 15 is 0 Å². The molecular weight excluding hydrogens is 1220 g/mol. The van der Waals surface area contributed by atoms with Gasteiger partial charge in [0.2, 0.25) is 11.7 Å². The number of ketones is 2. The quantitative estimate of drug-likeness (QED) is 0.0608. The molecule has 468 valence electrons. The zero-order valence-corrected chi connectivity index (χ0v) is 52.4. The van der Waals surface area contributed by atoms with Crippen LogP contribution in [0.2, 0.25) is 0 Å². The molecule has 4 aromatic heterocycles. The molecule has 0 unspecified atom stereocenters. The van der Waals surface area contributed by atoms with E-state index in [9.17, 15) is 36.7 Å². The molecule has 3 N–H and O–H groups in total. The lowest BCUT2D eigenvalue weighted by molar-refractivity contribution is 0.00000625. The fourth-order valence-electron chi connectivity index (χ4n) is 10.3. The first kappa shape index (κ1) is 63.4. The molecule has 0 bridgehead atoms. The number of anilines is 2. The van der Waals surface area contributed by atoms with E-state index in [1.54, 1.807) is 26.6 Å². The number of aromatic hydroxyl groups is 1. The summed E-state index contributed by atoms with van der Waals surface area (Å²) in [6, 6.07) is 22.0. The first-order valence-electron chi connectivity index (χ1n) is 29.6. The van der Waals surface area contributed by atoms with Gasteiger partial charge in [-0.05, 0) is 162 Å². The number of Topliss-reactive ketones (excluding diaryl/α,β-unsaturated/α-hetero) is 2. The molecule has 2 aliphatic carbocycles. The number of phenols is 1. The minimum absolute atomic E-state index is 0.0284. The zero-order valence-electron chi connectivity index (χ0n) is 50.8. The van der Waals surface area contributed by atoms with E-state index in [1.165, 1.54) is 31.0 Å². The van der Waals surface area contributed by atoms with E-state index in [2.05, 4.69) is 46.7 Å². The predicted molar refractivity (Wildman–Crippen MR) is 331 cm³/mol. The van der Waals surface area contributed by atoms with Gasteiger partial charge in [-0.25, -0.2) is 37.4 Å². The van der Waals surface area contributed by atoms with Crippen molar-refractivity contribution in [3.8, 4) is 39.9 Å². The van der Waals surface area contributed by atoms with Crippen LogP contribution in [0.5, 0.6) is 17.4 Å². The molecular formula is C66H71BrF4N10O8. The Morgan fingerprint density at radius 1 is 0.596 bits per heavy atom. The van der Waals surface area contributed by atoms with Crippen LogP contribution < -0.4 is 15.4 Å². The molecule has 4 fully saturated rings. The van der Waals surface area contributed by atoms with Crippen molar-refractivity contribution in [3.05, 3.63) is 147 Å². The van der Waals surface area contributed by atoms with Crippen molar-refractivity contribution in [2.75, 3.05) is 49.9 Å². The number of hydrogen-bond donors (Lipinski definition) is 3. The number of nitrogens with one attached hydrogen (secondary N) is 2. The minimum Gasteiger partial charge on any atom is -0.505 e. The highest BCUT2D eigenvalue weighted by atomic mass is 79.9. The van der Waals surface area contributed by atoms with Crippen LogP contribution in [-0.2, 0) is 9.47 Å². The maximum absolute atomic E-state index is 14.5. The van der Waals surface area contributed by atoms with Crippen LogP contribution in [0.4, 0.5) is 38.5 Å². The fourth-order valence-corrected chi connectivity index (χ4v) is 10.7. The Hall–Kier alpha value is -8.60. The standard InChI is InChI=1S/C33H35F2N5O4.C27H32BrN5O3.C6H4F2O/c1-19-12-22(10-11-23(19)27(41)13-20-8-9-20)26-16-37-31-25(36-15-21-17-39(18-21)32(42)44-33(2,3)4)14-29(38-40(26)31)43-28-7-5-6-24(34)30(28)35;1-16-9-19(7-8-20(16)23(34)10-17-5-6-17)22-13-30-25-21(11-24(28)31-33(22)25)29-12-18-14-32(15-18)26(35)36-27(2,3)4;7-4-2-1-3-5(9)6(4)8/h5-7,10-12,14,16,20-21,36H,8-9,13,15,17-18H2,1-4H3;7-9,11,13,17-18,29H,5-6,10,12,14-15H2,1-4H3;1-3,9H. The van der Waals surface area contributed by atoms with Gasteiger partial charge in [-0.15, -0.1) is 5.10 Å². The van der Waals surface area contributed by atoms with Crippen LogP contribution in [0.15, 0.2) is 102 Å². The third-order valence-electron chi connectivity index (χ3n) is 15.3. The maximum Gasteiger partial charge on any atom is 0.410 e. The summed E-state index contributed by atoms with van der Waals surface area (Å²) in [5.41, 5.74) is 8.20. The summed E-state index contributed by atoms with van der Waals surface area (Å²) in [7, 11) is 0. The number of benzene rings is 4. The normalized spacial score (nSPS) is 15.1. The summed E-state index contributed by atoms with van der Waals surface area (Å²) in [4.78, 5) is 62.6. The molecule has 2 saturated heterocycles. The second kappa shape index (κ2) is 26.2. The first-order chi connectivity index (χ1) is 42.2. The third-order valence-corrected chi connectivity index (χ3v) is 15.7. The number of imidazole rings is 2. The molecule has 8 aromatic rings. The van der Waals surface area contributed by atoms with E-state index in [4.69, 9.17) is 19.3 Å². The molecule has 0 spiro atoms. The Morgan fingerprint density at radius 3 is 1.48 bits per heavy atom. The average molecular weight is 1290 g/mol. The van der Waals surface area contributed by atoms with Crippen LogP contribution in [0.1, 0.15) is 112 Å². The molecule has 12 rings (SSSR count). The zero-order chi connectivity index (χ0) is 63.6. The van der Waals surface area contributed by atoms with Crippen LogP contribution in [0.25, 0.3) is 33.8 Å². The van der Waals surface area contributed by atoms with Crippen LogP contribution in [0.3, 0.4) is 0 Å². The highest BCUT2D eigenvalue weighted by molar-refractivity contribution is 9.10. The second-order valence-corrected chi connectivity index (χ2v) is 26.0. The number of aryl methyl sites for hydroxylation is 2. The molecule has 23 heteroatoms. The van der Waals surface area contributed by atoms with E-state index in [1.807, 2.05) is 109 Å². The number of carbonyl (C=O) groups excluding carboxylic acids is 4. The summed E-state index contributed by atoms with van der Waals surface area (Å²) in [5, 5.41) is 24.6. The lowest BCUT2D eigenvalue weighted by Gasteiger charge is -2.39. The molecule has 2 saturated carbocycles. The van der Waals surface area contributed by atoms with Gasteiger partial charge >= 0.3 is 12.2 Å². The number of amides is 2. The lowest BCUT2D eigenvalue weighted by atomic mass is 9.98. The molecule has 6 heterocycles. The Labute approximate surface area is 521 Å². The highest BCUT2D eigenvalue weighted by Crippen LogP contribution is 2.37. The average Bonchev–Trinajstić information content (AvgIpc) is 1.76. The Bertz CT molecular complexity index is 3960. The van der Waals surface area contributed by atoms with Crippen molar-refractivity contribution in [2.45, 2.75) is 105 Å². The van der Waals surface area contributed by atoms with Gasteiger partial charge in [-0.2, -0.15) is 13.9 Å². The SMILES string of the molecule is Cc1cc(-c2cnc3c(NCC4CN(C(=O)OC(C)(C)C)C4)cc(Br)nn23)ccc1C(=O)CC1CC1.Cc1cc(-c2cnc3c(NCC4CN(C(=O)OC(C)(C)C)C4)cc(Oc4cccc(F)c4F)nn23)ccc1C(=O)CC1CC1.Oc1cccc(F)c1F. The van der Waals surface area contributed by atoms with Crippen molar-refractivity contribution < 1.29 is 56.1 Å². The molecule has 2 aliphatic heterocycles. The molecule has 4 aliphatic rings. The predicted octanol–water partition coefficient (Wildman–Crippen LogP) is 14.4. The van der Waals surface area contributed by atoms with E-state index in [0.717, 1.165) is 75.9 Å². The smallest absolute Gasteiger partial charge is 0.410 e. The summed E-state index contributed by atoms with van der Waals surface area (Å²) in [6.45, 7) is 18.6. The van der Waals surface area contributed by atoms with Crippen molar-refractivity contribution in [1.82, 2.24) is 39.0 Å². The van der Waals surface area contributed by atoms with Crippen molar-refractivity contribution in [2.24, 2.45) is 23.7 Å². The van der Waals surface area contributed by atoms with Crippen molar-refractivity contribution in [3.63, 3.8) is 0 Å². The number of nitrogens with zero attached hydrogens (tertiary/aromatic N) is 8. The number of rotatable bonds is 16. The van der Waals surface area contributed by atoms with E-state index < -0.39 is 40.2 Å². The molecule has 2 amide bonds. The van der Waals surface area contributed by atoms with Crippen molar-refractivity contribution in [1.29, 1.82) is 0 Å². The van der Waals surface area contributed by atoms with Crippen LogP contribution >= 0.6 is 15.9 Å². The Morgan fingerprint density at radius 2 is 1.04 bits per heavy atom. The molecule has 0 atom stereocenters. The van der Waals surface area contributed by atoms with E-state index in [-0.39, 0.29) is 41.3 Å². The lowest BCUT2D eigenvalue weighted by Crippen LogP contribution is -2.53. The van der Waals surface area contributed by atoms with Gasteiger partial charge in [-0.3, -0.25) is 9.59 Å². The largest absolute Gasteiger partial charge is 0.505 e. The molecule has 4 aromatic carbocycles. The molecule has 0 radical (unpaired) electrons. The Kier molecular flexibility index (Phi) is 18.7. The number of likely N-dealkylation sites (tertiary alicyclic amines) is 2. The summed E-state index contributed by atoms with van der Waals surface area (Å²) in [6.07, 6.45) is 8.66. The minimum atomic E-state index is -1.20. The number of fused-ring (bicyclic) bond motifs is 2. The number of carbonyl (C=O) groups is 4. The fraction of sp³-hybridized carbons (Fsp3) is 0.394. The summed E-state index contributed by atoms with van der Waals surface area (Å²) < 4.78 is 73.3. The first-order valence-corrected chi connectivity index (χ1v) is 30.4. The third kappa shape index (κ3) is 15.8. The number of ether oxygens (including phenoxy) is 3. The monoisotopic (exact) mass is 1290 g/mol. The number of halogens is 5. The van der Waals surface area contributed by atoms with Gasteiger partial charge in [0.15, 0.2) is 51.8 Å². The topological polar surface area (TPSA) is 207 Å². The number of phenolic OH excluding ortho intramolecular Hbond substituents is 1. The van der Waals surface area contributed by atoms with Crippen LogP contribution in [0, 0.1) is 60.8 Å². The Balaban J connectivity index is 0.000000174. The van der Waals surface area contributed by atoms with Gasteiger partial charge in [0.25, 0.3) is 0 Å². The van der Waals surface area contributed by atoms with Gasteiger partial charge in [-0.1, -0.05) is 36.4 Å². The highest BCUT2D eigenvalue weighted by Gasteiger charge is 2.36. The van der Waals surface area contributed by atoms with Gasteiger partial charge in [0.1, 0.15) is 15.8 Å². The summed E-state index contributed by atoms with van der Waals surface area (Å²) in [5.74, 6) is -3.36. The number of aromatic nitrogens is 6. The van der Waals surface area contributed by atoms with Crippen molar-refractivity contribution >= 4 is 62.4 Å².